The monoisotopic (exact) mass is 367 g/mol. The fourth-order valence-electron chi connectivity index (χ4n) is 3.50. The van der Waals surface area contributed by atoms with Crippen LogP contribution in [0.1, 0.15) is 24.6 Å². The number of benzene rings is 1. The van der Waals surface area contributed by atoms with Crippen molar-refractivity contribution < 1.29 is 9.59 Å². The Kier molecular flexibility index (Phi) is 4.51. The van der Waals surface area contributed by atoms with Crippen molar-refractivity contribution in [2.24, 2.45) is 0 Å². The minimum Gasteiger partial charge on any atom is -0.372 e. The third-order valence-corrected chi connectivity index (χ3v) is 5.75. The highest BCUT2D eigenvalue weighted by atomic mass is 32.1. The van der Waals surface area contributed by atoms with Crippen molar-refractivity contribution in [3.05, 3.63) is 52.4 Å². The van der Waals surface area contributed by atoms with E-state index in [-0.39, 0.29) is 11.8 Å². The van der Waals surface area contributed by atoms with Crippen LogP contribution >= 0.6 is 11.3 Å². The molecule has 1 N–H and O–H groups in total. The maximum Gasteiger partial charge on any atom is 0.278 e. The molecule has 134 valence electrons. The Labute approximate surface area is 156 Å². The molecular weight excluding hydrogens is 346 g/mol. The molecule has 4 rings (SSSR count). The van der Waals surface area contributed by atoms with Crippen molar-refractivity contribution in [3.8, 4) is 0 Å². The largest absolute Gasteiger partial charge is 0.372 e. The Morgan fingerprint density at radius 1 is 1.04 bits per heavy atom. The van der Waals surface area contributed by atoms with Crippen LogP contribution in [0, 0.1) is 0 Å². The van der Waals surface area contributed by atoms with Gasteiger partial charge in [-0.3, -0.25) is 14.5 Å². The fraction of sp³-hybridized carbons (Fsp3) is 0.300. The van der Waals surface area contributed by atoms with E-state index in [1.807, 2.05) is 36.6 Å². The average molecular weight is 367 g/mol. The van der Waals surface area contributed by atoms with E-state index in [0.717, 1.165) is 23.7 Å². The lowest BCUT2D eigenvalue weighted by Crippen LogP contribution is -2.32. The van der Waals surface area contributed by atoms with E-state index in [1.165, 1.54) is 34.8 Å². The van der Waals surface area contributed by atoms with Gasteiger partial charge in [-0.05, 0) is 55.5 Å². The number of amides is 2. The van der Waals surface area contributed by atoms with Gasteiger partial charge >= 0.3 is 0 Å². The van der Waals surface area contributed by atoms with Crippen molar-refractivity contribution in [2.75, 3.05) is 29.9 Å². The SMILES string of the molecule is CCN1C(=O)C(Nc2ccc(N3CCCC3)cc2)=C(c2cccs2)C1=O. The van der Waals surface area contributed by atoms with E-state index in [9.17, 15) is 9.59 Å². The van der Waals surface area contributed by atoms with E-state index in [4.69, 9.17) is 0 Å². The van der Waals surface area contributed by atoms with Crippen LogP contribution in [0.5, 0.6) is 0 Å². The molecule has 1 aromatic heterocycles. The molecule has 1 saturated heterocycles. The summed E-state index contributed by atoms with van der Waals surface area (Å²) in [5, 5.41) is 5.11. The summed E-state index contributed by atoms with van der Waals surface area (Å²) in [5.74, 6) is -0.486. The predicted molar refractivity (Wildman–Crippen MR) is 105 cm³/mol. The molecule has 6 heteroatoms. The Morgan fingerprint density at radius 2 is 1.77 bits per heavy atom. The van der Waals surface area contributed by atoms with Gasteiger partial charge in [-0.2, -0.15) is 0 Å². The molecule has 0 spiro atoms. The van der Waals surface area contributed by atoms with Gasteiger partial charge in [0.05, 0.1) is 5.57 Å². The lowest BCUT2D eigenvalue weighted by molar-refractivity contribution is -0.136. The molecule has 0 saturated carbocycles. The van der Waals surface area contributed by atoms with Gasteiger partial charge in [-0.25, -0.2) is 0 Å². The molecule has 1 fully saturated rings. The van der Waals surface area contributed by atoms with Gasteiger partial charge < -0.3 is 10.2 Å². The molecule has 0 unspecified atom stereocenters. The molecule has 0 atom stereocenters. The zero-order valence-electron chi connectivity index (χ0n) is 14.7. The van der Waals surface area contributed by atoms with Crippen molar-refractivity contribution in [1.82, 2.24) is 4.90 Å². The highest BCUT2D eigenvalue weighted by Gasteiger charge is 2.38. The third-order valence-electron chi connectivity index (χ3n) is 4.86. The molecule has 0 bridgehead atoms. The molecule has 5 nitrogen and oxygen atoms in total. The predicted octanol–water partition coefficient (Wildman–Crippen LogP) is 3.56. The van der Waals surface area contributed by atoms with E-state index < -0.39 is 0 Å². The summed E-state index contributed by atoms with van der Waals surface area (Å²) in [6.07, 6.45) is 2.47. The van der Waals surface area contributed by atoms with Gasteiger partial charge in [0, 0.05) is 35.9 Å². The van der Waals surface area contributed by atoms with E-state index in [2.05, 4.69) is 22.3 Å². The van der Waals surface area contributed by atoms with Gasteiger partial charge in [-0.1, -0.05) is 6.07 Å². The van der Waals surface area contributed by atoms with Gasteiger partial charge in [0.15, 0.2) is 0 Å². The Bertz CT molecular complexity index is 850. The van der Waals surface area contributed by atoms with Gasteiger partial charge in [-0.15, -0.1) is 11.3 Å². The Hall–Kier alpha value is -2.60. The van der Waals surface area contributed by atoms with Crippen molar-refractivity contribution in [2.45, 2.75) is 19.8 Å². The lowest BCUT2D eigenvalue weighted by Gasteiger charge is -2.18. The first kappa shape index (κ1) is 16.8. The number of hydrogen-bond acceptors (Lipinski definition) is 5. The molecule has 2 aromatic rings. The van der Waals surface area contributed by atoms with Crippen LogP contribution in [0.2, 0.25) is 0 Å². The first-order valence-corrected chi connectivity index (χ1v) is 9.83. The number of carbonyl (C=O) groups is 2. The smallest absolute Gasteiger partial charge is 0.278 e. The first-order chi connectivity index (χ1) is 12.7. The molecule has 3 heterocycles. The maximum absolute atomic E-state index is 12.7. The summed E-state index contributed by atoms with van der Waals surface area (Å²) in [6, 6.07) is 11.8. The van der Waals surface area contributed by atoms with Gasteiger partial charge in [0.1, 0.15) is 5.70 Å². The number of hydrogen-bond donors (Lipinski definition) is 1. The van der Waals surface area contributed by atoms with E-state index in [0.29, 0.717) is 17.8 Å². The summed E-state index contributed by atoms with van der Waals surface area (Å²) >= 11 is 1.47. The van der Waals surface area contributed by atoms with Crippen LogP contribution in [-0.2, 0) is 9.59 Å². The second kappa shape index (κ2) is 6.96. The third kappa shape index (κ3) is 2.90. The lowest BCUT2D eigenvalue weighted by atomic mass is 10.2. The summed E-state index contributed by atoms with van der Waals surface area (Å²) in [7, 11) is 0. The molecule has 2 aliphatic rings. The Morgan fingerprint density at radius 3 is 2.38 bits per heavy atom. The quantitative estimate of drug-likeness (QED) is 0.821. The standard InChI is InChI=1S/C20H21N3O2S/c1-2-23-19(24)17(16-6-5-13-26-16)18(20(23)25)21-14-7-9-15(10-8-14)22-11-3-4-12-22/h5-10,13,21H,2-4,11-12H2,1H3. The zero-order valence-corrected chi connectivity index (χ0v) is 15.5. The number of nitrogens with zero attached hydrogens (tertiary/aromatic N) is 2. The van der Waals surface area contributed by atoms with Crippen LogP contribution in [0.25, 0.3) is 5.57 Å². The second-order valence-electron chi connectivity index (χ2n) is 6.45. The molecule has 2 aliphatic heterocycles. The number of rotatable bonds is 5. The topological polar surface area (TPSA) is 52.7 Å². The van der Waals surface area contributed by atoms with Gasteiger partial charge in [0.25, 0.3) is 11.8 Å². The van der Waals surface area contributed by atoms with E-state index in [1.54, 1.807) is 0 Å². The highest BCUT2D eigenvalue weighted by Crippen LogP contribution is 2.33. The fourth-order valence-corrected chi connectivity index (χ4v) is 4.27. The molecule has 26 heavy (non-hydrogen) atoms. The number of likely N-dealkylation sites (N-methyl/N-ethyl adjacent to an activating group) is 1. The molecule has 0 radical (unpaired) electrons. The van der Waals surface area contributed by atoms with Crippen molar-refractivity contribution >= 4 is 40.1 Å². The maximum atomic E-state index is 12.7. The van der Waals surface area contributed by atoms with Crippen LogP contribution in [0.4, 0.5) is 11.4 Å². The summed E-state index contributed by atoms with van der Waals surface area (Å²) in [6.45, 7) is 4.37. The number of nitrogens with one attached hydrogen (secondary N) is 1. The highest BCUT2D eigenvalue weighted by molar-refractivity contribution is 7.11. The number of carbonyl (C=O) groups excluding carboxylic acids is 2. The molecule has 0 aliphatic carbocycles. The second-order valence-corrected chi connectivity index (χ2v) is 7.40. The Balaban J connectivity index is 1.64. The molecular formula is C20H21N3O2S. The van der Waals surface area contributed by atoms with Crippen LogP contribution in [0.3, 0.4) is 0 Å². The minimum absolute atomic E-state index is 0.226. The molecule has 1 aromatic carbocycles. The number of thiophene rings is 1. The normalized spacial score (nSPS) is 17.6. The number of imide groups is 1. The summed E-state index contributed by atoms with van der Waals surface area (Å²) in [4.78, 5) is 29.9. The van der Waals surface area contributed by atoms with Gasteiger partial charge in [0.2, 0.25) is 0 Å². The van der Waals surface area contributed by atoms with Crippen LogP contribution < -0.4 is 10.2 Å². The van der Waals surface area contributed by atoms with Crippen molar-refractivity contribution in [1.29, 1.82) is 0 Å². The number of anilines is 2. The minimum atomic E-state index is -0.260. The summed E-state index contributed by atoms with van der Waals surface area (Å²) < 4.78 is 0. The summed E-state index contributed by atoms with van der Waals surface area (Å²) in [5.41, 5.74) is 2.85. The zero-order chi connectivity index (χ0) is 18.1. The van der Waals surface area contributed by atoms with Crippen LogP contribution in [-0.4, -0.2) is 36.3 Å². The van der Waals surface area contributed by atoms with Crippen LogP contribution in [0.15, 0.2) is 47.5 Å². The first-order valence-electron chi connectivity index (χ1n) is 8.95. The van der Waals surface area contributed by atoms with E-state index >= 15 is 0 Å². The average Bonchev–Trinajstić information content (AvgIpc) is 3.39. The molecule has 2 amide bonds. The van der Waals surface area contributed by atoms with Crippen molar-refractivity contribution in [3.63, 3.8) is 0 Å².